The van der Waals surface area contributed by atoms with Gasteiger partial charge in [-0.2, -0.15) is 0 Å². The van der Waals surface area contributed by atoms with Crippen LogP contribution in [0.2, 0.25) is 0 Å². The van der Waals surface area contributed by atoms with Crippen LogP contribution in [-0.4, -0.2) is 11.1 Å². The maximum Gasteiger partial charge on any atom is 0.372 e. The second kappa shape index (κ2) is 8.78. The number of furan rings is 1. The summed E-state index contributed by atoms with van der Waals surface area (Å²) in [7, 11) is 0. The first kappa shape index (κ1) is 15.8. The summed E-state index contributed by atoms with van der Waals surface area (Å²) in [6.45, 7) is 4.55. The summed E-state index contributed by atoms with van der Waals surface area (Å²) in [6, 6.07) is 1.77. The molecule has 3 heteroatoms. The number of unbranched alkanes of at least 4 members (excludes halogenated alkanes) is 3. The van der Waals surface area contributed by atoms with Gasteiger partial charge < -0.3 is 9.52 Å². The SMILES string of the molecule is CCCCCC(C)CCCCc1ccoc1C(=O)O. The molecule has 0 saturated heterocycles. The Morgan fingerprint density at radius 1 is 1.26 bits per heavy atom. The number of hydrogen-bond acceptors (Lipinski definition) is 2. The summed E-state index contributed by atoms with van der Waals surface area (Å²) in [4.78, 5) is 10.9. The summed E-state index contributed by atoms with van der Waals surface area (Å²) in [5.41, 5.74) is 0.825. The summed E-state index contributed by atoms with van der Waals surface area (Å²) >= 11 is 0. The molecule has 1 unspecified atom stereocenters. The Hall–Kier alpha value is -1.25. The molecule has 108 valence electrons. The highest BCUT2D eigenvalue weighted by Gasteiger charge is 2.13. The molecule has 0 spiro atoms. The van der Waals surface area contributed by atoms with Gasteiger partial charge in [0, 0.05) is 5.56 Å². The standard InChI is InChI=1S/C16H26O3/c1-3-4-5-8-13(2)9-6-7-10-14-11-12-19-15(14)16(17)18/h11-13H,3-10H2,1-2H3,(H,17,18). The van der Waals surface area contributed by atoms with Gasteiger partial charge >= 0.3 is 5.97 Å². The predicted octanol–water partition coefficient (Wildman–Crippen LogP) is 4.91. The van der Waals surface area contributed by atoms with E-state index in [9.17, 15) is 4.79 Å². The van der Waals surface area contributed by atoms with Crippen LogP contribution in [0.3, 0.4) is 0 Å². The van der Waals surface area contributed by atoms with E-state index >= 15 is 0 Å². The maximum absolute atomic E-state index is 10.9. The van der Waals surface area contributed by atoms with Crippen LogP contribution in [0.4, 0.5) is 0 Å². The number of carbonyl (C=O) groups is 1. The minimum atomic E-state index is -0.965. The third-order valence-corrected chi connectivity index (χ3v) is 3.63. The molecule has 0 aliphatic rings. The van der Waals surface area contributed by atoms with Gasteiger partial charge in [-0.05, 0) is 24.8 Å². The Balaban J connectivity index is 2.16. The van der Waals surface area contributed by atoms with Crippen LogP contribution in [0.1, 0.15) is 74.9 Å². The molecule has 0 bridgehead atoms. The number of rotatable bonds is 10. The van der Waals surface area contributed by atoms with Gasteiger partial charge in [0.1, 0.15) is 0 Å². The Morgan fingerprint density at radius 3 is 2.58 bits per heavy atom. The third-order valence-electron chi connectivity index (χ3n) is 3.63. The average Bonchev–Trinajstić information content (AvgIpc) is 2.83. The van der Waals surface area contributed by atoms with Crippen molar-refractivity contribution in [3.63, 3.8) is 0 Å². The normalized spacial score (nSPS) is 12.5. The Bertz CT molecular complexity index is 368. The van der Waals surface area contributed by atoms with E-state index < -0.39 is 5.97 Å². The van der Waals surface area contributed by atoms with Crippen molar-refractivity contribution in [3.05, 3.63) is 23.7 Å². The second-order valence-electron chi connectivity index (χ2n) is 5.43. The molecule has 0 saturated carbocycles. The van der Waals surface area contributed by atoms with Crippen molar-refractivity contribution in [3.8, 4) is 0 Å². The number of hydrogen-bond donors (Lipinski definition) is 1. The van der Waals surface area contributed by atoms with Crippen molar-refractivity contribution in [1.29, 1.82) is 0 Å². The number of aryl methyl sites for hydroxylation is 1. The van der Waals surface area contributed by atoms with Crippen molar-refractivity contribution in [2.45, 2.75) is 65.2 Å². The van der Waals surface area contributed by atoms with Crippen molar-refractivity contribution < 1.29 is 14.3 Å². The van der Waals surface area contributed by atoms with Gasteiger partial charge in [-0.1, -0.05) is 52.4 Å². The average molecular weight is 266 g/mol. The van der Waals surface area contributed by atoms with Crippen LogP contribution in [0.25, 0.3) is 0 Å². The smallest absolute Gasteiger partial charge is 0.372 e. The highest BCUT2D eigenvalue weighted by molar-refractivity contribution is 5.86. The molecule has 0 fully saturated rings. The number of carboxylic acids is 1. The first-order chi connectivity index (χ1) is 9.15. The molecule has 19 heavy (non-hydrogen) atoms. The van der Waals surface area contributed by atoms with Gasteiger partial charge in [-0.15, -0.1) is 0 Å². The van der Waals surface area contributed by atoms with Crippen LogP contribution in [0, 0.1) is 5.92 Å². The van der Waals surface area contributed by atoms with Crippen LogP contribution >= 0.6 is 0 Å². The van der Waals surface area contributed by atoms with Gasteiger partial charge in [-0.3, -0.25) is 0 Å². The van der Waals surface area contributed by atoms with E-state index in [0.717, 1.165) is 30.7 Å². The van der Waals surface area contributed by atoms with Gasteiger partial charge in [0.15, 0.2) is 0 Å². The maximum atomic E-state index is 10.9. The Morgan fingerprint density at radius 2 is 1.95 bits per heavy atom. The molecule has 0 radical (unpaired) electrons. The van der Waals surface area contributed by atoms with Crippen LogP contribution in [-0.2, 0) is 6.42 Å². The Kier molecular flexibility index (Phi) is 7.31. The molecule has 1 aromatic rings. The topological polar surface area (TPSA) is 50.4 Å². The van der Waals surface area contributed by atoms with Gasteiger partial charge in [0.05, 0.1) is 6.26 Å². The van der Waals surface area contributed by atoms with E-state index in [2.05, 4.69) is 13.8 Å². The van der Waals surface area contributed by atoms with Gasteiger partial charge in [-0.25, -0.2) is 4.79 Å². The lowest BCUT2D eigenvalue weighted by Crippen LogP contribution is -2.00. The van der Waals surface area contributed by atoms with Crippen LogP contribution in [0.5, 0.6) is 0 Å². The van der Waals surface area contributed by atoms with Crippen LogP contribution in [0.15, 0.2) is 16.7 Å². The van der Waals surface area contributed by atoms with E-state index in [1.54, 1.807) is 6.07 Å². The molecule has 0 aliphatic carbocycles. The highest BCUT2D eigenvalue weighted by atomic mass is 16.4. The lowest BCUT2D eigenvalue weighted by atomic mass is 9.96. The summed E-state index contributed by atoms with van der Waals surface area (Å²) in [5.74, 6) is -0.0706. The Labute approximate surface area is 116 Å². The summed E-state index contributed by atoms with van der Waals surface area (Å²) in [5, 5.41) is 8.93. The molecular weight excluding hydrogens is 240 g/mol. The zero-order chi connectivity index (χ0) is 14.1. The lowest BCUT2D eigenvalue weighted by molar-refractivity contribution is 0.0660. The van der Waals surface area contributed by atoms with Crippen molar-refractivity contribution in [2.75, 3.05) is 0 Å². The van der Waals surface area contributed by atoms with E-state index in [1.807, 2.05) is 0 Å². The summed E-state index contributed by atoms with van der Waals surface area (Å²) in [6.07, 6.45) is 11.0. The van der Waals surface area contributed by atoms with E-state index in [1.165, 1.54) is 38.4 Å². The molecule has 3 nitrogen and oxygen atoms in total. The summed E-state index contributed by atoms with van der Waals surface area (Å²) < 4.78 is 4.97. The monoisotopic (exact) mass is 266 g/mol. The van der Waals surface area contributed by atoms with E-state index in [0.29, 0.717) is 0 Å². The minimum absolute atomic E-state index is 0.107. The first-order valence-electron chi connectivity index (χ1n) is 7.44. The first-order valence-corrected chi connectivity index (χ1v) is 7.44. The molecule has 1 aromatic heterocycles. The van der Waals surface area contributed by atoms with Crippen molar-refractivity contribution >= 4 is 5.97 Å². The highest BCUT2D eigenvalue weighted by Crippen LogP contribution is 2.18. The quantitative estimate of drug-likeness (QED) is 0.612. The zero-order valence-corrected chi connectivity index (χ0v) is 12.2. The van der Waals surface area contributed by atoms with Crippen molar-refractivity contribution in [2.24, 2.45) is 5.92 Å². The second-order valence-corrected chi connectivity index (χ2v) is 5.43. The minimum Gasteiger partial charge on any atom is -0.475 e. The molecule has 0 aliphatic heterocycles. The van der Waals surface area contributed by atoms with Crippen molar-refractivity contribution in [1.82, 2.24) is 0 Å². The van der Waals surface area contributed by atoms with E-state index in [-0.39, 0.29) is 5.76 Å². The van der Waals surface area contributed by atoms with Gasteiger partial charge in [0.2, 0.25) is 5.76 Å². The third kappa shape index (κ3) is 5.95. The molecule has 0 aromatic carbocycles. The molecule has 0 amide bonds. The zero-order valence-electron chi connectivity index (χ0n) is 12.2. The predicted molar refractivity (Wildman–Crippen MR) is 76.5 cm³/mol. The molecular formula is C16H26O3. The fourth-order valence-corrected chi connectivity index (χ4v) is 2.42. The lowest BCUT2D eigenvalue weighted by Gasteiger charge is -2.10. The van der Waals surface area contributed by atoms with Gasteiger partial charge in [0.25, 0.3) is 0 Å². The fourth-order valence-electron chi connectivity index (χ4n) is 2.42. The fraction of sp³-hybridized carbons (Fsp3) is 0.688. The molecule has 1 rings (SSSR count). The molecule has 1 N–H and O–H groups in total. The van der Waals surface area contributed by atoms with Crippen LogP contribution < -0.4 is 0 Å². The largest absolute Gasteiger partial charge is 0.475 e. The number of carboxylic acid groups (broad SMARTS) is 1. The van der Waals surface area contributed by atoms with E-state index in [4.69, 9.17) is 9.52 Å². The molecule has 1 atom stereocenters. The molecule has 1 heterocycles. The number of aromatic carboxylic acids is 1.